The molecule has 3 rings (SSSR count). The summed E-state index contributed by atoms with van der Waals surface area (Å²) < 4.78 is 11.6. The molecule has 0 aliphatic carbocycles. The molecule has 2 N–H and O–H groups in total. The largest absolute Gasteiger partial charge is 0.493 e. The van der Waals surface area contributed by atoms with E-state index in [-0.39, 0.29) is 12.0 Å². The molecule has 0 saturated carbocycles. The quantitative estimate of drug-likeness (QED) is 0.882. The van der Waals surface area contributed by atoms with Gasteiger partial charge in [0, 0.05) is 19.0 Å². The summed E-state index contributed by atoms with van der Waals surface area (Å²) in [6.07, 6.45) is 1.52. The minimum atomic E-state index is -0.743. The normalized spacial score (nSPS) is 28.5. The SMILES string of the molecule is O=C(O)C1CNCC(OCC2CCOc3ccccc32)C1. The summed E-state index contributed by atoms with van der Waals surface area (Å²) in [4.78, 5) is 11.1. The van der Waals surface area contributed by atoms with E-state index in [2.05, 4.69) is 11.4 Å². The Morgan fingerprint density at radius 3 is 3.10 bits per heavy atom. The Morgan fingerprint density at radius 2 is 2.24 bits per heavy atom. The van der Waals surface area contributed by atoms with Gasteiger partial charge >= 0.3 is 5.97 Å². The monoisotopic (exact) mass is 291 g/mol. The van der Waals surface area contributed by atoms with Crippen molar-refractivity contribution in [3.63, 3.8) is 0 Å². The fraction of sp³-hybridized carbons (Fsp3) is 0.562. The average Bonchev–Trinajstić information content (AvgIpc) is 2.53. The molecule has 5 nitrogen and oxygen atoms in total. The molecule has 3 unspecified atom stereocenters. The van der Waals surface area contributed by atoms with Crippen molar-refractivity contribution in [2.75, 3.05) is 26.3 Å². The van der Waals surface area contributed by atoms with Crippen LogP contribution >= 0.6 is 0 Å². The smallest absolute Gasteiger partial charge is 0.307 e. The van der Waals surface area contributed by atoms with Crippen molar-refractivity contribution >= 4 is 5.97 Å². The number of carbonyl (C=O) groups is 1. The highest BCUT2D eigenvalue weighted by molar-refractivity contribution is 5.70. The lowest BCUT2D eigenvalue weighted by atomic mass is 9.93. The van der Waals surface area contributed by atoms with Crippen LogP contribution in [-0.4, -0.2) is 43.5 Å². The molecule has 0 amide bonds. The molecule has 2 heterocycles. The summed E-state index contributed by atoms with van der Waals surface area (Å²) in [5.41, 5.74) is 1.20. The lowest BCUT2D eigenvalue weighted by molar-refractivity contribution is -0.144. The Balaban J connectivity index is 1.57. The van der Waals surface area contributed by atoms with E-state index in [9.17, 15) is 4.79 Å². The van der Waals surface area contributed by atoms with Gasteiger partial charge in [0.1, 0.15) is 5.75 Å². The first-order chi connectivity index (χ1) is 10.2. The molecular formula is C16H21NO4. The van der Waals surface area contributed by atoms with Crippen LogP contribution in [0.2, 0.25) is 0 Å². The molecule has 3 atom stereocenters. The number of aliphatic carboxylic acids is 1. The fourth-order valence-corrected chi connectivity index (χ4v) is 3.06. The van der Waals surface area contributed by atoms with E-state index in [0.29, 0.717) is 32.1 Å². The maximum atomic E-state index is 11.1. The van der Waals surface area contributed by atoms with Crippen LogP contribution < -0.4 is 10.1 Å². The van der Waals surface area contributed by atoms with Crippen molar-refractivity contribution in [3.05, 3.63) is 29.8 Å². The molecule has 5 heteroatoms. The molecular weight excluding hydrogens is 270 g/mol. The maximum absolute atomic E-state index is 11.1. The zero-order valence-corrected chi connectivity index (χ0v) is 12.0. The lowest BCUT2D eigenvalue weighted by Crippen LogP contribution is -2.44. The zero-order valence-electron chi connectivity index (χ0n) is 12.0. The molecule has 21 heavy (non-hydrogen) atoms. The van der Waals surface area contributed by atoms with Crippen LogP contribution in [0.4, 0.5) is 0 Å². The van der Waals surface area contributed by atoms with E-state index in [1.807, 2.05) is 18.2 Å². The third-order valence-electron chi connectivity index (χ3n) is 4.28. The van der Waals surface area contributed by atoms with Crippen LogP contribution in [0.15, 0.2) is 24.3 Å². The number of rotatable bonds is 4. The number of ether oxygens (including phenoxy) is 2. The molecule has 0 spiro atoms. The Hall–Kier alpha value is -1.59. The van der Waals surface area contributed by atoms with Gasteiger partial charge in [0.2, 0.25) is 0 Å². The van der Waals surface area contributed by atoms with Crippen LogP contribution in [0.5, 0.6) is 5.75 Å². The van der Waals surface area contributed by atoms with Crippen LogP contribution in [0.25, 0.3) is 0 Å². The molecule has 1 saturated heterocycles. The summed E-state index contributed by atoms with van der Waals surface area (Å²) in [5.74, 6) is 0.195. The third kappa shape index (κ3) is 3.36. The van der Waals surface area contributed by atoms with Crippen molar-refractivity contribution in [2.45, 2.75) is 24.9 Å². The molecule has 2 aliphatic heterocycles. The van der Waals surface area contributed by atoms with E-state index in [1.165, 1.54) is 5.56 Å². The molecule has 0 radical (unpaired) electrons. The lowest BCUT2D eigenvalue weighted by Gasteiger charge is -2.31. The predicted molar refractivity (Wildman–Crippen MR) is 77.6 cm³/mol. The number of fused-ring (bicyclic) bond motifs is 1. The van der Waals surface area contributed by atoms with Gasteiger partial charge in [-0.05, 0) is 24.5 Å². The van der Waals surface area contributed by atoms with Crippen molar-refractivity contribution in [1.82, 2.24) is 5.32 Å². The van der Waals surface area contributed by atoms with Crippen LogP contribution in [0.3, 0.4) is 0 Å². The number of benzene rings is 1. The Bertz CT molecular complexity index is 505. The number of para-hydroxylation sites is 1. The van der Waals surface area contributed by atoms with E-state index >= 15 is 0 Å². The molecule has 0 bridgehead atoms. The highest BCUT2D eigenvalue weighted by atomic mass is 16.5. The first-order valence-electron chi connectivity index (χ1n) is 7.51. The summed E-state index contributed by atoms with van der Waals surface area (Å²) in [7, 11) is 0. The first-order valence-corrected chi connectivity index (χ1v) is 7.51. The molecule has 1 fully saturated rings. The van der Waals surface area contributed by atoms with Gasteiger partial charge in [-0.2, -0.15) is 0 Å². The van der Waals surface area contributed by atoms with Gasteiger partial charge in [-0.15, -0.1) is 0 Å². The summed E-state index contributed by atoms with van der Waals surface area (Å²) >= 11 is 0. The average molecular weight is 291 g/mol. The van der Waals surface area contributed by atoms with E-state index in [1.54, 1.807) is 0 Å². The van der Waals surface area contributed by atoms with Crippen LogP contribution in [0, 0.1) is 5.92 Å². The van der Waals surface area contributed by atoms with Gasteiger partial charge in [-0.3, -0.25) is 4.79 Å². The van der Waals surface area contributed by atoms with Crippen molar-refractivity contribution in [2.24, 2.45) is 5.92 Å². The number of hydrogen-bond acceptors (Lipinski definition) is 4. The molecule has 1 aromatic rings. The van der Waals surface area contributed by atoms with Gasteiger partial charge < -0.3 is 19.9 Å². The summed E-state index contributed by atoms with van der Waals surface area (Å²) in [6, 6.07) is 8.07. The highest BCUT2D eigenvalue weighted by Gasteiger charge is 2.29. The van der Waals surface area contributed by atoms with E-state index in [4.69, 9.17) is 14.6 Å². The second kappa shape index (κ2) is 6.45. The molecule has 0 aromatic heterocycles. The summed E-state index contributed by atoms with van der Waals surface area (Å²) in [6.45, 7) is 2.61. The number of nitrogens with one attached hydrogen (secondary N) is 1. The Kier molecular flexibility index (Phi) is 4.41. The molecule has 114 valence electrons. The highest BCUT2D eigenvalue weighted by Crippen LogP contribution is 2.33. The number of piperidine rings is 1. The standard InChI is InChI=1S/C16H21NO4/c18-16(19)12-7-13(9-17-8-12)21-10-11-5-6-20-15-4-2-1-3-14(11)15/h1-4,11-13,17H,5-10H2,(H,18,19). The fourth-order valence-electron chi connectivity index (χ4n) is 3.06. The number of carboxylic acids is 1. The predicted octanol–water partition coefficient (Wildman–Crippen LogP) is 1.63. The minimum absolute atomic E-state index is 0.0187. The van der Waals surface area contributed by atoms with Gasteiger partial charge in [0.15, 0.2) is 0 Å². The molecule has 2 aliphatic rings. The van der Waals surface area contributed by atoms with Crippen molar-refractivity contribution < 1.29 is 19.4 Å². The topological polar surface area (TPSA) is 67.8 Å². The second-order valence-corrected chi connectivity index (χ2v) is 5.76. The minimum Gasteiger partial charge on any atom is -0.493 e. The molecule has 1 aromatic carbocycles. The van der Waals surface area contributed by atoms with Crippen LogP contribution in [-0.2, 0) is 9.53 Å². The number of hydrogen-bond donors (Lipinski definition) is 2. The third-order valence-corrected chi connectivity index (χ3v) is 4.28. The van der Waals surface area contributed by atoms with Gasteiger partial charge in [-0.25, -0.2) is 0 Å². The van der Waals surface area contributed by atoms with E-state index < -0.39 is 5.97 Å². The van der Waals surface area contributed by atoms with Crippen molar-refractivity contribution in [3.8, 4) is 5.75 Å². The van der Waals surface area contributed by atoms with E-state index in [0.717, 1.165) is 18.7 Å². The van der Waals surface area contributed by atoms with Gasteiger partial charge in [-0.1, -0.05) is 18.2 Å². The number of carboxylic acid groups (broad SMARTS) is 1. The van der Waals surface area contributed by atoms with Crippen LogP contribution in [0.1, 0.15) is 24.3 Å². The Labute approximate surface area is 124 Å². The van der Waals surface area contributed by atoms with Crippen molar-refractivity contribution in [1.29, 1.82) is 0 Å². The van der Waals surface area contributed by atoms with Gasteiger partial charge in [0.05, 0.1) is 25.2 Å². The second-order valence-electron chi connectivity index (χ2n) is 5.76. The van der Waals surface area contributed by atoms with Gasteiger partial charge in [0.25, 0.3) is 0 Å². The maximum Gasteiger partial charge on any atom is 0.307 e. The Morgan fingerprint density at radius 1 is 1.38 bits per heavy atom. The summed E-state index contributed by atoms with van der Waals surface area (Å²) in [5, 5.41) is 12.2. The first kappa shape index (κ1) is 14.4. The zero-order chi connectivity index (χ0) is 14.7.